The minimum absolute atomic E-state index is 0.0863. The van der Waals surface area contributed by atoms with Crippen molar-refractivity contribution >= 4 is 11.6 Å². The molecular formula is C16H24N2O2. The van der Waals surface area contributed by atoms with Crippen LogP contribution >= 0.6 is 0 Å². The molecule has 0 saturated carbocycles. The molecular weight excluding hydrogens is 252 g/mol. The van der Waals surface area contributed by atoms with Gasteiger partial charge in [-0.1, -0.05) is 26.8 Å². The van der Waals surface area contributed by atoms with Crippen molar-refractivity contribution in [3.8, 4) is 5.75 Å². The van der Waals surface area contributed by atoms with E-state index >= 15 is 0 Å². The van der Waals surface area contributed by atoms with Gasteiger partial charge in [0.05, 0.1) is 5.69 Å². The van der Waals surface area contributed by atoms with Crippen molar-refractivity contribution in [2.24, 2.45) is 5.92 Å². The molecule has 1 atom stereocenters. The summed E-state index contributed by atoms with van der Waals surface area (Å²) in [6.07, 6.45) is 2.27. The third-order valence-electron chi connectivity index (χ3n) is 3.52. The molecule has 110 valence electrons. The maximum atomic E-state index is 11.4. The highest BCUT2D eigenvalue weighted by Gasteiger charge is 2.18. The summed E-state index contributed by atoms with van der Waals surface area (Å²) in [5.74, 6) is 1.36. The summed E-state index contributed by atoms with van der Waals surface area (Å²) >= 11 is 0. The molecule has 0 aliphatic carbocycles. The molecule has 0 aromatic heterocycles. The molecule has 1 aliphatic rings. The molecule has 0 spiro atoms. The molecule has 0 fully saturated rings. The second-order valence-electron chi connectivity index (χ2n) is 5.67. The molecule has 1 amide bonds. The third kappa shape index (κ3) is 3.73. The van der Waals surface area contributed by atoms with Crippen molar-refractivity contribution in [2.75, 3.05) is 18.5 Å². The lowest BCUT2D eigenvalue weighted by molar-refractivity contribution is -0.118. The molecule has 4 heteroatoms. The first kappa shape index (κ1) is 14.9. The highest BCUT2D eigenvalue weighted by Crippen LogP contribution is 2.32. The van der Waals surface area contributed by atoms with Crippen molar-refractivity contribution < 1.29 is 9.53 Å². The maximum absolute atomic E-state index is 11.4. The topological polar surface area (TPSA) is 50.4 Å². The predicted octanol–water partition coefficient (Wildman–Crippen LogP) is 3.10. The number of anilines is 1. The molecule has 0 radical (unpaired) electrons. The van der Waals surface area contributed by atoms with Crippen molar-refractivity contribution in [2.45, 2.75) is 39.7 Å². The van der Waals surface area contributed by atoms with Crippen molar-refractivity contribution in [1.82, 2.24) is 5.32 Å². The van der Waals surface area contributed by atoms with E-state index in [1.165, 1.54) is 12.0 Å². The van der Waals surface area contributed by atoms with Gasteiger partial charge in [-0.15, -0.1) is 0 Å². The molecule has 2 rings (SSSR count). The molecule has 4 nitrogen and oxygen atoms in total. The van der Waals surface area contributed by atoms with Crippen molar-refractivity contribution in [3.63, 3.8) is 0 Å². The molecule has 1 aromatic rings. The molecule has 0 bridgehead atoms. The number of hydrogen-bond donors (Lipinski definition) is 2. The number of nitrogens with one attached hydrogen (secondary N) is 2. The Kier molecular flexibility index (Phi) is 5.01. The number of amides is 1. The fourth-order valence-corrected chi connectivity index (χ4v) is 2.45. The van der Waals surface area contributed by atoms with Gasteiger partial charge in [-0.3, -0.25) is 4.79 Å². The number of rotatable bonds is 6. The first-order valence-corrected chi connectivity index (χ1v) is 7.40. The van der Waals surface area contributed by atoms with Crippen LogP contribution < -0.4 is 15.4 Å². The Morgan fingerprint density at radius 2 is 2.15 bits per heavy atom. The zero-order valence-corrected chi connectivity index (χ0v) is 12.5. The first-order valence-electron chi connectivity index (χ1n) is 7.40. The van der Waals surface area contributed by atoms with Crippen LogP contribution in [0.3, 0.4) is 0 Å². The molecule has 1 aliphatic heterocycles. The van der Waals surface area contributed by atoms with Crippen LogP contribution in [0, 0.1) is 5.92 Å². The van der Waals surface area contributed by atoms with E-state index in [1.54, 1.807) is 0 Å². The fraction of sp³-hybridized carbons (Fsp3) is 0.562. The summed E-state index contributed by atoms with van der Waals surface area (Å²) < 4.78 is 5.40. The van der Waals surface area contributed by atoms with E-state index in [9.17, 15) is 4.79 Å². The molecule has 0 saturated heterocycles. The van der Waals surface area contributed by atoms with Gasteiger partial charge < -0.3 is 15.4 Å². The Labute approximate surface area is 120 Å². The van der Waals surface area contributed by atoms with Crippen LogP contribution in [-0.4, -0.2) is 19.1 Å². The quantitative estimate of drug-likeness (QED) is 0.839. The summed E-state index contributed by atoms with van der Waals surface area (Å²) in [5, 5.41) is 6.39. The van der Waals surface area contributed by atoms with Gasteiger partial charge in [0.1, 0.15) is 5.75 Å². The molecule has 2 N–H and O–H groups in total. The van der Waals surface area contributed by atoms with E-state index in [1.807, 2.05) is 12.1 Å². The highest BCUT2D eigenvalue weighted by atomic mass is 16.5. The average molecular weight is 276 g/mol. The number of carbonyl (C=O) groups is 1. The molecule has 1 heterocycles. The zero-order valence-electron chi connectivity index (χ0n) is 12.5. The van der Waals surface area contributed by atoms with Gasteiger partial charge in [0.2, 0.25) is 0 Å². The lowest BCUT2D eigenvalue weighted by Gasteiger charge is -2.23. The van der Waals surface area contributed by atoms with E-state index in [0.717, 1.165) is 24.4 Å². The standard InChI is InChI=1S/C16H24N2O2/c1-4-17-13(7-5-11(2)3)12-6-8-15-14(9-12)18-16(19)10-20-15/h6,8-9,11,13,17H,4-5,7,10H2,1-3H3,(H,18,19). The van der Waals surface area contributed by atoms with E-state index in [-0.39, 0.29) is 12.5 Å². The molecule has 20 heavy (non-hydrogen) atoms. The first-order chi connectivity index (χ1) is 9.60. The maximum Gasteiger partial charge on any atom is 0.262 e. The van der Waals surface area contributed by atoms with Crippen LogP contribution in [0.5, 0.6) is 5.75 Å². The van der Waals surface area contributed by atoms with E-state index < -0.39 is 0 Å². The lowest BCUT2D eigenvalue weighted by atomic mass is 9.97. The summed E-state index contributed by atoms with van der Waals surface area (Å²) in [7, 11) is 0. The average Bonchev–Trinajstić information content (AvgIpc) is 2.42. The summed E-state index contributed by atoms with van der Waals surface area (Å²) in [6.45, 7) is 7.64. The van der Waals surface area contributed by atoms with Crippen molar-refractivity contribution in [1.29, 1.82) is 0 Å². The van der Waals surface area contributed by atoms with Crippen LogP contribution in [0.1, 0.15) is 45.2 Å². The van der Waals surface area contributed by atoms with E-state index in [0.29, 0.717) is 12.0 Å². The monoisotopic (exact) mass is 276 g/mol. The van der Waals surface area contributed by atoms with Gasteiger partial charge in [0, 0.05) is 6.04 Å². The van der Waals surface area contributed by atoms with Gasteiger partial charge in [0.25, 0.3) is 5.91 Å². The minimum Gasteiger partial charge on any atom is -0.482 e. The largest absolute Gasteiger partial charge is 0.482 e. The van der Waals surface area contributed by atoms with Crippen LogP contribution in [-0.2, 0) is 4.79 Å². The van der Waals surface area contributed by atoms with E-state index in [2.05, 4.69) is 37.5 Å². The lowest BCUT2D eigenvalue weighted by Crippen LogP contribution is -2.26. The SMILES string of the molecule is CCNC(CCC(C)C)c1ccc2c(c1)NC(=O)CO2. The van der Waals surface area contributed by atoms with Crippen molar-refractivity contribution in [3.05, 3.63) is 23.8 Å². The number of benzene rings is 1. The normalized spacial score (nSPS) is 15.5. The summed E-state index contributed by atoms with van der Waals surface area (Å²) in [6, 6.07) is 6.39. The van der Waals surface area contributed by atoms with Gasteiger partial charge in [-0.2, -0.15) is 0 Å². The van der Waals surface area contributed by atoms with Crippen LogP contribution in [0.4, 0.5) is 5.69 Å². The molecule has 1 unspecified atom stereocenters. The number of hydrogen-bond acceptors (Lipinski definition) is 3. The number of ether oxygens (including phenoxy) is 1. The van der Waals surface area contributed by atoms with Crippen LogP contribution in [0.2, 0.25) is 0 Å². The van der Waals surface area contributed by atoms with Crippen LogP contribution in [0.25, 0.3) is 0 Å². The Morgan fingerprint density at radius 1 is 1.35 bits per heavy atom. The fourth-order valence-electron chi connectivity index (χ4n) is 2.45. The van der Waals surface area contributed by atoms with Gasteiger partial charge in [-0.25, -0.2) is 0 Å². The Morgan fingerprint density at radius 3 is 2.85 bits per heavy atom. The Hall–Kier alpha value is -1.55. The second kappa shape index (κ2) is 6.75. The highest BCUT2D eigenvalue weighted by molar-refractivity contribution is 5.95. The van der Waals surface area contributed by atoms with Gasteiger partial charge in [0.15, 0.2) is 6.61 Å². The minimum atomic E-state index is -0.0863. The van der Waals surface area contributed by atoms with E-state index in [4.69, 9.17) is 4.74 Å². The number of fused-ring (bicyclic) bond motifs is 1. The number of carbonyl (C=O) groups excluding carboxylic acids is 1. The Balaban J connectivity index is 2.16. The zero-order chi connectivity index (χ0) is 14.5. The summed E-state index contributed by atoms with van der Waals surface area (Å²) in [5.41, 5.74) is 1.99. The second-order valence-corrected chi connectivity index (χ2v) is 5.67. The van der Waals surface area contributed by atoms with Gasteiger partial charge in [-0.05, 0) is 43.0 Å². The third-order valence-corrected chi connectivity index (χ3v) is 3.52. The summed E-state index contributed by atoms with van der Waals surface area (Å²) in [4.78, 5) is 11.4. The van der Waals surface area contributed by atoms with Crippen LogP contribution in [0.15, 0.2) is 18.2 Å². The smallest absolute Gasteiger partial charge is 0.262 e. The predicted molar refractivity (Wildman–Crippen MR) is 81.1 cm³/mol. The molecule has 1 aromatic carbocycles. The Bertz CT molecular complexity index is 472. The van der Waals surface area contributed by atoms with Gasteiger partial charge >= 0.3 is 0 Å².